The number of nitrogens with one attached hydrogen (secondary N) is 1. The van der Waals surface area contributed by atoms with Gasteiger partial charge in [-0.05, 0) is 55.3 Å². The molecule has 0 bridgehead atoms. The molecule has 5 heteroatoms. The molecule has 3 nitrogen and oxygen atoms in total. The van der Waals surface area contributed by atoms with Gasteiger partial charge in [-0.25, -0.2) is 0 Å². The summed E-state index contributed by atoms with van der Waals surface area (Å²) in [4.78, 5) is 11.9. The van der Waals surface area contributed by atoms with Crippen molar-refractivity contribution in [3.05, 3.63) is 57.0 Å². The van der Waals surface area contributed by atoms with Crippen LogP contribution in [-0.2, 0) is 4.79 Å². The molecule has 0 spiro atoms. The average molecular weight is 369 g/mol. The first-order valence-electron chi connectivity index (χ1n) is 6.40. The standard InChI is InChI=1S/C16H15BrClNO2/c1-10-6-13(7-11(2)16(10)17)19-15(20)9-21-14-5-3-4-12(18)8-14/h3-8H,9H2,1-2H3,(H,19,20). The van der Waals surface area contributed by atoms with Gasteiger partial charge < -0.3 is 10.1 Å². The SMILES string of the molecule is Cc1cc(NC(=O)COc2cccc(Cl)c2)cc(C)c1Br. The van der Waals surface area contributed by atoms with E-state index in [1.165, 1.54) is 0 Å². The number of anilines is 1. The van der Waals surface area contributed by atoms with E-state index in [2.05, 4.69) is 21.2 Å². The monoisotopic (exact) mass is 367 g/mol. The van der Waals surface area contributed by atoms with Crippen molar-refractivity contribution in [2.45, 2.75) is 13.8 Å². The molecule has 0 atom stereocenters. The molecule has 1 amide bonds. The maximum Gasteiger partial charge on any atom is 0.262 e. The number of carbonyl (C=O) groups excluding carboxylic acids is 1. The van der Waals surface area contributed by atoms with Crippen LogP contribution < -0.4 is 10.1 Å². The largest absolute Gasteiger partial charge is 0.484 e. The van der Waals surface area contributed by atoms with Gasteiger partial charge >= 0.3 is 0 Å². The number of benzene rings is 2. The number of rotatable bonds is 4. The molecule has 0 fully saturated rings. The Kier molecular flexibility index (Phi) is 5.26. The predicted octanol–water partition coefficient (Wildman–Crippen LogP) is 4.74. The maximum absolute atomic E-state index is 11.9. The van der Waals surface area contributed by atoms with Crippen molar-refractivity contribution in [3.63, 3.8) is 0 Å². The first kappa shape index (κ1) is 15.9. The van der Waals surface area contributed by atoms with Crippen LogP contribution in [0.4, 0.5) is 5.69 Å². The van der Waals surface area contributed by atoms with Crippen LogP contribution in [0.15, 0.2) is 40.9 Å². The van der Waals surface area contributed by atoms with E-state index in [1.54, 1.807) is 24.3 Å². The quantitative estimate of drug-likeness (QED) is 0.846. The van der Waals surface area contributed by atoms with E-state index < -0.39 is 0 Å². The van der Waals surface area contributed by atoms with E-state index in [1.807, 2.05) is 26.0 Å². The van der Waals surface area contributed by atoms with E-state index in [-0.39, 0.29) is 12.5 Å². The highest BCUT2D eigenvalue weighted by atomic mass is 79.9. The highest BCUT2D eigenvalue weighted by Crippen LogP contribution is 2.25. The van der Waals surface area contributed by atoms with Crippen LogP contribution in [0.5, 0.6) is 5.75 Å². The maximum atomic E-state index is 11.9. The minimum absolute atomic E-state index is 0.0610. The summed E-state index contributed by atoms with van der Waals surface area (Å²) in [6.45, 7) is 3.90. The molecule has 110 valence electrons. The van der Waals surface area contributed by atoms with Crippen molar-refractivity contribution in [2.24, 2.45) is 0 Å². The Bertz CT molecular complexity index is 650. The van der Waals surface area contributed by atoms with Gasteiger partial charge in [-0.1, -0.05) is 33.6 Å². The number of halogens is 2. The molecule has 21 heavy (non-hydrogen) atoms. The molecular formula is C16H15BrClNO2. The van der Waals surface area contributed by atoms with Crippen molar-refractivity contribution < 1.29 is 9.53 Å². The van der Waals surface area contributed by atoms with Crippen LogP contribution in [-0.4, -0.2) is 12.5 Å². The van der Waals surface area contributed by atoms with Gasteiger partial charge in [-0.15, -0.1) is 0 Å². The minimum Gasteiger partial charge on any atom is -0.484 e. The summed E-state index contributed by atoms with van der Waals surface area (Å²) in [6.07, 6.45) is 0. The summed E-state index contributed by atoms with van der Waals surface area (Å²) in [5, 5.41) is 3.39. The second-order valence-electron chi connectivity index (χ2n) is 4.72. The molecule has 0 aliphatic heterocycles. The molecule has 2 aromatic rings. The van der Waals surface area contributed by atoms with Crippen LogP contribution in [0, 0.1) is 13.8 Å². The number of ether oxygens (including phenoxy) is 1. The molecule has 0 aliphatic carbocycles. The third-order valence-corrected chi connectivity index (χ3v) is 4.37. The second kappa shape index (κ2) is 6.96. The van der Waals surface area contributed by atoms with E-state index >= 15 is 0 Å². The molecular weight excluding hydrogens is 354 g/mol. The van der Waals surface area contributed by atoms with Gasteiger partial charge in [0.1, 0.15) is 5.75 Å². The normalized spacial score (nSPS) is 10.3. The van der Waals surface area contributed by atoms with Crippen LogP contribution in [0.3, 0.4) is 0 Å². The van der Waals surface area contributed by atoms with Crippen LogP contribution in [0.2, 0.25) is 5.02 Å². The lowest BCUT2D eigenvalue weighted by Gasteiger charge is -2.10. The fourth-order valence-electron chi connectivity index (χ4n) is 1.92. The van der Waals surface area contributed by atoms with Gasteiger partial charge in [-0.2, -0.15) is 0 Å². The number of carbonyl (C=O) groups is 1. The molecule has 0 aromatic heterocycles. The molecule has 0 radical (unpaired) electrons. The average Bonchev–Trinajstić information content (AvgIpc) is 2.42. The Balaban J connectivity index is 1.96. The minimum atomic E-state index is -0.212. The van der Waals surface area contributed by atoms with Crippen molar-refractivity contribution in [1.29, 1.82) is 0 Å². The zero-order valence-electron chi connectivity index (χ0n) is 11.7. The number of amides is 1. The molecule has 0 saturated heterocycles. The Morgan fingerprint density at radius 3 is 2.52 bits per heavy atom. The summed E-state index contributed by atoms with van der Waals surface area (Å²) in [6, 6.07) is 10.8. The Morgan fingerprint density at radius 2 is 1.90 bits per heavy atom. The van der Waals surface area contributed by atoms with Crippen LogP contribution in [0.1, 0.15) is 11.1 Å². The molecule has 0 unspecified atom stereocenters. The van der Waals surface area contributed by atoms with Gasteiger partial charge in [0.15, 0.2) is 6.61 Å². The fraction of sp³-hybridized carbons (Fsp3) is 0.188. The highest BCUT2D eigenvalue weighted by molar-refractivity contribution is 9.10. The highest BCUT2D eigenvalue weighted by Gasteiger charge is 2.07. The summed E-state index contributed by atoms with van der Waals surface area (Å²) < 4.78 is 6.45. The van der Waals surface area contributed by atoms with Gasteiger partial charge in [-0.3, -0.25) is 4.79 Å². The zero-order valence-corrected chi connectivity index (χ0v) is 14.1. The second-order valence-corrected chi connectivity index (χ2v) is 5.95. The Hall–Kier alpha value is -1.52. The third-order valence-electron chi connectivity index (χ3n) is 2.89. The van der Waals surface area contributed by atoms with E-state index in [9.17, 15) is 4.79 Å². The van der Waals surface area contributed by atoms with Crippen molar-refractivity contribution >= 4 is 39.1 Å². The lowest BCUT2D eigenvalue weighted by molar-refractivity contribution is -0.118. The third kappa shape index (κ3) is 4.48. The number of hydrogen-bond donors (Lipinski definition) is 1. The fourth-order valence-corrected chi connectivity index (χ4v) is 2.33. The van der Waals surface area contributed by atoms with Crippen molar-refractivity contribution in [2.75, 3.05) is 11.9 Å². The van der Waals surface area contributed by atoms with Gasteiger partial charge in [0.2, 0.25) is 0 Å². The Morgan fingerprint density at radius 1 is 1.24 bits per heavy atom. The van der Waals surface area contributed by atoms with Gasteiger partial charge in [0, 0.05) is 15.2 Å². The molecule has 2 aromatic carbocycles. The summed E-state index contributed by atoms with van der Waals surface area (Å²) in [5.74, 6) is 0.358. The summed E-state index contributed by atoms with van der Waals surface area (Å²) in [5.41, 5.74) is 2.90. The smallest absolute Gasteiger partial charge is 0.262 e. The molecule has 0 aliphatic rings. The van der Waals surface area contributed by atoms with Gasteiger partial charge in [0.05, 0.1) is 0 Å². The van der Waals surface area contributed by atoms with Crippen molar-refractivity contribution in [3.8, 4) is 5.75 Å². The van der Waals surface area contributed by atoms with E-state index in [4.69, 9.17) is 16.3 Å². The molecule has 2 rings (SSSR count). The number of hydrogen-bond acceptors (Lipinski definition) is 2. The zero-order chi connectivity index (χ0) is 15.4. The summed E-state index contributed by atoms with van der Waals surface area (Å²) >= 11 is 9.35. The van der Waals surface area contributed by atoms with Gasteiger partial charge in [0.25, 0.3) is 5.91 Å². The first-order chi connectivity index (χ1) is 9.95. The Labute approximate surface area is 137 Å². The molecule has 0 heterocycles. The van der Waals surface area contributed by atoms with Crippen LogP contribution >= 0.6 is 27.5 Å². The van der Waals surface area contributed by atoms with E-state index in [0.717, 1.165) is 21.3 Å². The lowest BCUT2D eigenvalue weighted by atomic mass is 10.1. The van der Waals surface area contributed by atoms with Crippen LogP contribution in [0.25, 0.3) is 0 Å². The predicted molar refractivity (Wildman–Crippen MR) is 89.2 cm³/mol. The molecule has 0 saturated carbocycles. The van der Waals surface area contributed by atoms with E-state index in [0.29, 0.717) is 10.8 Å². The molecule has 1 N–H and O–H groups in total. The topological polar surface area (TPSA) is 38.3 Å². The first-order valence-corrected chi connectivity index (χ1v) is 7.58. The lowest BCUT2D eigenvalue weighted by Crippen LogP contribution is -2.20. The number of aryl methyl sites for hydroxylation is 2. The van der Waals surface area contributed by atoms with Crippen molar-refractivity contribution in [1.82, 2.24) is 0 Å². The summed E-state index contributed by atoms with van der Waals surface area (Å²) in [7, 11) is 0.